The normalized spacial score (nSPS) is 27.7. The summed E-state index contributed by atoms with van der Waals surface area (Å²) in [7, 11) is 0. The number of carbonyl (C=O) groups is 1. The van der Waals surface area contributed by atoms with Crippen molar-refractivity contribution in [1.29, 1.82) is 0 Å². The highest BCUT2D eigenvalue weighted by Crippen LogP contribution is 2.47. The first kappa shape index (κ1) is 15.3. The van der Waals surface area contributed by atoms with Gasteiger partial charge in [-0.3, -0.25) is 4.79 Å². The van der Waals surface area contributed by atoms with Gasteiger partial charge < -0.3 is 9.47 Å². The third-order valence-electron chi connectivity index (χ3n) is 5.56. The smallest absolute Gasteiger partial charge is 0.254 e. The van der Waals surface area contributed by atoms with Crippen LogP contribution < -0.4 is 0 Å². The second-order valence-electron chi connectivity index (χ2n) is 7.57. The highest BCUT2D eigenvalue weighted by Gasteiger charge is 2.46. The van der Waals surface area contributed by atoms with Crippen LogP contribution in [0.4, 0.5) is 0 Å². The van der Waals surface area contributed by atoms with Gasteiger partial charge in [0.1, 0.15) is 0 Å². The number of hydrogen-bond donors (Lipinski definition) is 0. The fourth-order valence-electron chi connectivity index (χ4n) is 4.42. The average molecular weight is 320 g/mol. The average Bonchev–Trinajstić information content (AvgIpc) is 3.20. The molecule has 2 fully saturated rings. The molecule has 1 saturated heterocycles. The SMILES string of the molecule is C/C=C1/CC2CC(C)(C1)CN2C(=O)c1ccc(-n2cccc2)cc1. The standard InChI is InChI=1S/C21H24N2O/c1-3-16-12-19-14-21(2,13-16)15-23(19)20(24)17-6-8-18(9-7-17)22-10-4-5-11-22/h3-11,19H,12-15H2,1-2H3/b16-3-. The maximum atomic E-state index is 13.0. The Labute approximate surface area is 143 Å². The Morgan fingerprint density at radius 3 is 2.58 bits per heavy atom. The maximum Gasteiger partial charge on any atom is 0.254 e. The minimum absolute atomic E-state index is 0.181. The molecule has 2 aliphatic rings. The number of aromatic nitrogens is 1. The Balaban J connectivity index is 1.56. The molecule has 1 saturated carbocycles. The van der Waals surface area contributed by atoms with Crippen molar-refractivity contribution < 1.29 is 4.79 Å². The van der Waals surface area contributed by atoms with Crippen molar-refractivity contribution in [1.82, 2.24) is 9.47 Å². The summed E-state index contributed by atoms with van der Waals surface area (Å²) in [5.74, 6) is 0.181. The molecule has 124 valence electrons. The zero-order valence-corrected chi connectivity index (χ0v) is 14.4. The van der Waals surface area contributed by atoms with Gasteiger partial charge in [-0.05, 0) is 68.0 Å². The van der Waals surface area contributed by atoms with Gasteiger partial charge in [-0.2, -0.15) is 0 Å². The van der Waals surface area contributed by atoms with Crippen LogP contribution in [0, 0.1) is 5.41 Å². The molecule has 0 N–H and O–H groups in total. The van der Waals surface area contributed by atoms with Crippen LogP contribution >= 0.6 is 0 Å². The summed E-state index contributed by atoms with van der Waals surface area (Å²) >= 11 is 0. The van der Waals surface area contributed by atoms with Gasteiger partial charge in [-0.15, -0.1) is 0 Å². The number of allylic oxidation sites excluding steroid dienone is 1. The van der Waals surface area contributed by atoms with E-state index in [1.807, 2.05) is 48.8 Å². The van der Waals surface area contributed by atoms with E-state index in [0.29, 0.717) is 6.04 Å². The van der Waals surface area contributed by atoms with Crippen LogP contribution in [-0.4, -0.2) is 28.0 Å². The van der Waals surface area contributed by atoms with Gasteiger partial charge >= 0.3 is 0 Å². The van der Waals surface area contributed by atoms with Crippen molar-refractivity contribution in [3.63, 3.8) is 0 Å². The molecule has 1 amide bonds. The monoisotopic (exact) mass is 320 g/mol. The summed E-state index contributed by atoms with van der Waals surface area (Å²) in [4.78, 5) is 15.1. The van der Waals surface area contributed by atoms with E-state index in [1.54, 1.807) is 0 Å². The molecule has 2 unspecified atom stereocenters. The lowest BCUT2D eigenvalue weighted by Crippen LogP contribution is -2.35. The second-order valence-corrected chi connectivity index (χ2v) is 7.57. The van der Waals surface area contributed by atoms with Crippen LogP contribution in [0.1, 0.15) is 43.5 Å². The van der Waals surface area contributed by atoms with Crippen LogP contribution in [0.5, 0.6) is 0 Å². The van der Waals surface area contributed by atoms with E-state index >= 15 is 0 Å². The molecule has 1 aliphatic heterocycles. The second kappa shape index (κ2) is 5.66. The molecule has 2 bridgehead atoms. The van der Waals surface area contributed by atoms with Gasteiger partial charge in [0.05, 0.1) is 0 Å². The number of amides is 1. The predicted octanol–water partition coefficient (Wildman–Crippen LogP) is 4.44. The summed E-state index contributed by atoms with van der Waals surface area (Å²) in [6.07, 6.45) is 9.58. The van der Waals surface area contributed by atoms with Gasteiger partial charge in [0.25, 0.3) is 5.91 Å². The van der Waals surface area contributed by atoms with Crippen molar-refractivity contribution in [2.24, 2.45) is 5.41 Å². The van der Waals surface area contributed by atoms with Crippen molar-refractivity contribution in [3.05, 3.63) is 66.0 Å². The Morgan fingerprint density at radius 2 is 1.92 bits per heavy atom. The summed E-state index contributed by atoms with van der Waals surface area (Å²) in [6.45, 7) is 5.33. The topological polar surface area (TPSA) is 25.2 Å². The molecule has 0 spiro atoms. The third kappa shape index (κ3) is 2.58. The van der Waals surface area contributed by atoms with Gasteiger partial charge in [0, 0.05) is 36.2 Å². The van der Waals surface area contributed by atoms with Gasteiger partial charge in [0.15, 0.2) is 0 Å². The van der Waals surface area contributed by atoms with E-state index in [4.69, 9.17) is 0 Å². The van der Waals surface area contributed by atoms with E-state index < -0.39 is 0 Å². The number of hydrogen-bond acceptors (Lipinski definition) is 1. The Morgan fingerprint density at radius 1 is 1.21 bits per heavy atom. The van der Waals surface area contributed by atoms with Gasteiger partial charge in [-0.1, -0.05) is 18.6 Å². The fraction of sp³-hybridized carbons (Fsp3) is 0.381. The first-order chi connectivity index (χ1) is 11.6. The van der Waals surface area contributed by atoms with E-state index in [2.05, 4.69) is 29.4 Å². The van der Waals surface area contributed by atoms with E-state index in [1.165, 1.54) is 5.57 Å². The molecule has 4 rings (SSSR count). The van der Waals surface area contributed by atoms with Crippen molar-refractivity contribution in [2.75, 3.05) is 6.54 Å². The summed E-state index contributed by atoms with van der Waals surface area (Å²) in [6, 6.07) is 12.3. The van der Waals surface area contributed by atoms with Crippen LogP contribution in [0.3, 0.4) is 0 Å². The van der Waals surface area contributed by atoms with Crippen LogP contribution in [0.25, 0.3) is 5.69 Å². The van der Waals surface area contributed by atoms with E-state index in [9.17, 15) is 4.79 Å². The minimum Gasteiger partial charge on any atom is -0.335 e. The Kier molecular flexibility index (Phi) is 3.60. The molecule has 3 nitrogen and oxygen atoms in total. The molecule has 24 heavy (non-hydrogen) atoms. The molecule has 1 aromatic carbocycles. The largest absolute Gasteiger partial charge is 0.335 e. The van der Waals surface area contributed by atoms with Crippen LogP contribution in [0.15, 0.2) is 60.4 Å². The lowest BCUT2D eigenvalue weighted by molar-refractivity contribution is 0.0732. The first-order valence-corrected chi connectivity index (χ1v) is 8.76. The molecular formula is C21H24N2O. The van der Waals surface area contributed by atoms with Crippen molar-refractivity contribution in [2.45, 2.75) is 39.2 Å². The lowest BCUT2D eigenvalue weighted by atomic mass is 9.75. The number of carbonyl (C=O) groups excluding carboxylic acids is 1. The number of likely N-dealkylation sites (tertiary alicyclic amines) is 1. The number of nitrogens with zero attached hydrogens (tertiary/aromatic N) is 2. The molecule has 2 heterocycles. The molecule has 1 aromatic heterocycles. The molecule has 2 aromatic rings. The highest BCUT2D eigenvalue weighted by atomic mass is 16.2. The van der Waals surface area contributed by atoms with Crippen molar-refractivity contribution >= 4 is 5.91 Å². The number of rotatable bonds is 2. The van der Waals surface area contributed by atoms with E-state index in [0.717, 1.165) is 37.1 Å². The molecule has 1 aliphatic carbocycles. The Hall–Kier alpha value is -2.29. The lowest BCUT2D eigenvalue weighted by Gasteiger charge is -2.29. The highest BCUT2D eigenvalue weighted by molar-refractivity contribution is 5.95. The Bertz CT molecular complexity index is 773. The minimum atomic E-state index is 0.181. The predicted molar refractivity (Wildman–Crippen MR) is 96.3 cm³/mol. The number of fused-ring (bicyclic) bond motifs is 2. The zero-order chi connectivity index (χ0) is 16.7. The summed E-state index contributed by atoms with van der Waals surface area (Å²) < 4.78 is 2.05. The fourth-order valence-corrected chi connectivity index (χ4v) is 4.42. The maximum absolute atomic E-state index is 13.0. The molecular weight excluding hydrogens is 296 g/mol. The van der Waals surface area contributed by atoms with Gasteiger partial charge in [-0.25, -0.2) is 0 Å². The van der Waals surface area contributed by atoms with Crippen molar-refractivity contribution in [3.8, 4) is 5.69 Å². The summed E-state index contributed by atoms with van der Waals surface area (Å²) in [5, 5.41) is 0. The van der Waals surface area contributed by atoms with Gasteiger partial charge in [0.2, 0.25) is 0 Å². The molecule has 2 atom stereocenters. The van der Waals surface area contributed by atoms with Crippen LogP contribution in [-0.2, 0) is 0 Å². The number of benzene rings is 1. The first-order valence-electron chi connectivity index (χ1n) is 8.76. The molecule has 0 radical (unpaired) electrons. The summed E-state index contributed by atoms with van der Waals surface area (Å²) in [5.41, 5.74) is 3.64. The van der Waals surface area contributed by atoms with E-state index in [-0.39, 0.29) is 11.3 Å². The zero-order valence-electron chi connectivity index (χ0n) is 14.4. The quantitative estimate of drug-likeness (QED) is 0.751. The van der Waals surface area contributed by atoms with Crippen LogP contribution in [0.2, 0.25) is 0 Å². The molecule has 3 heteroatoms. The third-order valence-corrected chi connectivity index (χ3v) is 5.56.